The molecular weight excluding hydrogens is 195 g/mol. The predicted molar refractivity (Wildman–Crippen MR) is 47.3 cm³/mol. The van der Waals surface area contributed by atoms with E-state index in [1.165, 1.54) is 12.1 Å². The second-order valence-electron chi connectivity index (χ2n) is 2.56. The van der Waals surface area contributed by atoms with Gasteiger partial charge in [0.2, 0.25) is 0 Å². The lowest BCUT2D eigenvalue weighted by Gasteiger charge is -2.03. The number of nitrogen functional groups attached to an aromatic ring is 1. The summed E-state index contributed by atoms with van der Waals surface area (Å²) < 4.78 is 34.9. The molecule has 0 fully saturated rings. The Hall–Kier alpha value is -1.14. The van der Waals surface area contributed by atoms with E-state index < -0.39 is 15.7 Å². The van der Waals surface area contributed by atoms with Gasteiger partial charge in [-0.05, 0) is 18.2 Å². The van der Waals surface area contributed by atoms with Crippen molar-refractivity contribution < 1.29 is 12.8 Å². The smallest absolute Gasteiger partial charge is 0.175 e. The normalized spacial score (nSPS) is 11.3. The van der Waals surface area contributed by atoms with E-state index >= 15 is 0 Å². The van der Waals surface area contributed by atoms with Crippen LogP contribution in [0.15, 0.2) is 23.1 Å². The number of nitrogens with one attached hydrogen (secondary N) is 1. The SMILES string of the molecule is CS(=O)(=O)c1ccc(NN)c(F)c1. The quantitative estimate of drug-likeness (QED) is 0.544. The van der Waals surface area contributed by atoms with Gasteiger partial charge < -0.3 is 5.43 Å². The number of sulfone groups is 1. The van der Waals surface area contributed by atoms with Gasteiger partial charge in [0.05, 0.1) is 10.6 Å². The second kappa shape index (κ2) is 3.31. The fourth-order valence-electron chi connectivity index (χ4n) is 0.844. The number of hydrazine groups is 1. The van der Waals surface area contributed by atoms with E-state index in [1.807, 2.05) is 0 Å². The Morgan fingerprint density at radius 3 is 2.46 bits per heavy atom. The van der Waals surface area contributed by atoms with E-state index in [0.29, 0.717) is 0 Å². The molecule has 0 radical (unpaired) electrons. The minimum absolute atomic E-state index is 0.0624. The minimum Gasteiger partial charge on any atom is -0.321 e. The van der Waals surface area contributed by atoms with Gasteiger partial charge in [0, 0.05) is 6.26 Å². The maximum absolute atomic E-state index is 13.0. The highest BCUT2D eigenvalue weighted by Gasteiger charge is 2.09. The van der Waals surface area contributed by atoms with Crippen LogP contribution < -0.4 is 11.3 Å². The van der Waals surface area contributed by atoms with Crippen molar-refractivity contribution in [3.63, 3.8) is 0 Å². The Balaban J connectivity index is 3.26. The van der Waals surface area contributed by atoms with Gasteiger partial charge in [-0.3, -0.25) is 5.84 Å². The third-order valence-electron chi connectivity index (χ3n) is 1.52. The van der Waals surface area contributed by atoms with Crippen molar-refractivity contribution in [3.05, 3.63) is 24.0 Å². The van der Waals surface area contributed by atoms with Crippen molar-refractivity contribution >= 4 is 15.5 Å². The molecule has 4 nitrogen and oxygen atoms in total. The number of hydrogen-bond donors (Lipinski definition) is 2. The summed E-state index contributed by atoms with van der Waals surface area (Å²) in [4.78, 5) is -0.0657. The first-order valence-electron chi connectivity index (χ1n) is 3.41. The maximum Gasteiger partial charge on any atom is 0.175 e. The topological polar surface area (TPSA) is 72.2 Å². The summed E-state index contributed by atoms with van der Waals surface area (Å²) in [6, 6.07) is 3.48. The Morgan fingerprint density at radius 1 is 1.46 bits per heavy atom. The van der Waals surface area contributed by atoms with Crippen LogP contribution in [0.2, 0.25) is 0 Å². The van der Waals surface area contributed by atoms with E-state index in [-0.39, 0.29) is 10.6 Å². The van der Waals surface area contributed by atoms with Crippen LogP contribution in [0.25, 0.3) is 0 Å². The minimum atomic E-state index is -3.36. The molecule has 1 aromatic carbocycles. The molecule has 13 heavy (non-hydrogen) atoms. The molecule has 0 spiro atoms. The number of nitrogens with two attached hydrogens (primary N) is 1. The Kier molecular flexibility index (Phi) is 2.53. The molecule has 0 bridgehead atoms. The number of rotatable bonds is 2. The van der Waals surface area contributed by atoms with Gasteiger partial charge in [-0.15, -0.1) is 0 Å². The van der Waals surface area contributed by atoms with Crippen LogP contribution in [0.3, 0.4) is 0 Å². The Morgan fingerprint density at radius 2 is 2.08 bits per heavy atom. The molecule has 1 rings (SSSR count). The van der Waals surface area contributed by atoms with E-state index in [1.54, 1.807) is 0 Å². The van der Waals surface area contributed by atoms with Crippen LogP contribution in [0.4, 0.5) is 10.1 Å². The van der Waals surface area contributed by atoms with Crippen molar-refractivity contribution in [1.29, 1.82) is 0 Å². The maximum atomic E-state index is 13.0. The summed E-state index contributed by atoms with van der Waals surface area (Å²) in [5.74, 6) is 4.28. The fourth-order valence-corrected chi connectivity index (χ4v) is 1.48. The molecule has 0 atom stereocenters. The highest BCUT2D eigenvalue weighted by Crippen LogP contribution is 2.17. The summed E-state index contributed by atoms with van der Waals surface area (Å²) in [7, 11) is -3.36. The summed E-state index contributed by atoms with van der Waals surface area (Å²) >= 11 is 0. The van der Waals surface area contributed by atoms with Crippen molar-refractivity contribution in [3.8, 4) is 0 Å². The molecule has 1 aromatic rings. The molecule has 0 aliphatic heterocycles. The molecule has 0 saturated heterocycles. The first kappa shape index (κ1) is 9.94. The van der Waals surface area contributed by atoms with Gasteiger partial charge in [0.25, 0.3) is 0 Å². The predicted octanol–water partition coefficient (Wildman–Crippen LogP) is 0.515. The molecule has 72 valence electrons. The molecule has 6 heteroatoms. The largest absolute Gasteiger partial charge is 0.321 e. The molecule has 0 aliphatic rings. The molecule has 3 N–H and O–H groups in total. The lowest BCUT2D eigenvalue weighted by Crippen LogP contribution is -2.09. The van der Waals surface area contributed by atoms with E-state index in [4.69, 9.17) is 5.84 Å². The third kappa shape index (κ3) is 2.16. The van der Waals surface area contributed by atoms with Gasteiger partial charge in [0.1, 0.15) is 5.82 Å². The average Bonchev–Trinajstić information content (AvgIpc) is 2.02. The first-order chi connectivity index (χ1) is 5.95. The zero-order chi connectivity index (χ0) is 10.1. The molecule has 0 aromatic heterocycles. The van der Waals surface area contributed by atoms with E-state index in [2.05, 4.69) is 5.43 Å². The van der Waals surface area contributed by atoms with Gasteiger partial charge in [0.15, 0.2) is 9.84 Å². The summed E-state index contributed by atoms with van der Waals surface area (Å²) in [5, 5.41) is 0. The Labute approximate surface area is 75.4 Å². The van der Waals surface area contributed by atoms with Crippen molar-refractivity contribution in [1.82, 2.24) is 0 Å². The van der Waals surface area contributed by atoms with E-state index in [9.17, 15) is 12.8 Å². The standard InChI is InChI=1S/C7H9FN2O2S/c1-13(11,12)5-2-3-7(10-9)6(8)4-5/h2-4,10H,9H2,1H3. The zero-order valence-corrected chi connectivity index (χ0v) is 7.73. The van der Waals surface area contributed by atoms with Crippen molar-refractivity contribution in [2.45, 2.75) is 4.90 Å². The number of hydrogen-bond acceptors (Lipinski definition) is 4. The highest BCUT2D eigenvalue weighted by molar-refractivity contribution is 7.90. The molecular formula is C7H9FN2O2S. The zero-order valence-electron chi connectivity index (χ0n) is 6.91. The van der Waals surface area contributed by atoms with Gasteiger partial charge in [-0.25, -0.2) is 12.8 Å². The van der Waals surface area contributed by atoms with Gasteiger partial charge >= 0.3 is 0 Å². The van der Waals surface area contributed by atoms with Crippen LogP contribution in [0.5, 0.6) is 0 Å². The van der Waals surface area contributed by atoms with E-state index in [0.717, 1.165) is 12.3 Å². The molecule has 0 amide bonds. The molecule has 0 saturated carbocycles. The second-order valence-corrected chi connectivity index (χ2v) is 4.57. The molecule has 0 aliphatic carbocycles. The number of benzene rings is 1. The summed E-state index contributed by atoms with van der Waals surface area (Å²) in [6.07, 6.45) is 1.01. The molecule has 0 unspecified atom stereocenters. The van der Waals surface area contributed by atoms with Crippen LogP contribution >= 0.6 is 0 Å². The average molecular weight is 204 g/mol. The summed E-state index contributed by atoms with van der Waals surface area (Å²) in [6.45, 7) is 0. The summed E-state index contributed by atoms with van der Waals surface area (Å²) in [5.41, 5.74) is 2.17. The first-order valence-corrected chi connectivity index (χ1v) is 5.30. The molecule has 0 heterocycles. The van der Waals surface area contributed by atoms with Crippen LogP contribution in [-0.4, -0.2) is 14.7 Å². The van der Waals surface area contributed by atoms with Crippen molar-refractivity contribution in [2.75, 3.05) is 11.7 Å². The van der Waals surface area contributed by atoms with Crippen LogP contribution in [0.1, 0.15) is 0 Å². The third-order valence-corrected chi connectivity index (χ3v) is 2.63. The highest BCUT2D eigenvalue weighted by atomic mass is 32.2. The van der Waals surface area contributed by atoms with Crippen LogP contribution in [0, 0.1) is 5.82 Å². The fraction of sp³-hybridized carbons (Fsp3) is 0.143. The lowest BCUT2D eigenvalue weighted by atomic mass is 10.3. The van der Waals surface area contributed by atoms with Crippen molar-refractivity contribution in [2.24, 2.45) is 5.84 Å². The number of halogens is 1. The van der Waals surface area contributed by atoms with Gasteiger partial charge in [-0.1, -0.05) is 0 Å². The van der Waals surface area contributed by atoms with Gasteiger partial charge in [-0.2, -0.15) is 0 Å². The lowest BCUT2D eigenvalue weighted by molar-refractivity contribution is 0.596. The Bertz CT molecular complexity index is 417. The monoisotopic (exact) mass is 204 g/mol. The van der Waals surface area contributed by atoms with Crippen LogP contribution in [-0.2, 0) is 9.84 Å². The number of anilines is 1.